The summed E-state index contributed by atoms with van der Waals surface area (Å²) < 4.78 is 11.1. The molecule has 1 fully saturated rings. The molecule has 25 heavy (non-hydrogen) atoms. The molecule has 0 unspecified atom stereocenters. The first-order valence-corrected chi connectivity index (χ1v) is 8.19. The Hall–Kier alpha value is -3.02. The molecule has 0 atom stereocenters. The van der Waals surface area contributed by atoms with Gasteiger partial charge in [-0.15, -0.1) is 0 Å². The van der Waals surface area contributed by atoms with Gasteiger partial charge in [-0.05, 0) is 42.7 Å². The Bertz CT molecular complexity index is 712. The number of nitrogens with one attached hydrogen (secondary N) is 2. The van der Waals surface area contributed by atoms with E-state index in [1.54, 1.807) is 24.3 Å². The van der Waals surface area contributed by atoms with E-state index in [9.17, 15) is 9.59 Å². The van der Waals surface area contributed by atoms with Crippen molar-refractivity contribution in [1.29, 1.82) is 0 Å². The molecule has 2 N–H and O–H groups in total. The summed E-state index contributed by atoms with van der Waals surface area (Å²) in [4.78, 5) is 23.0. The van der Waals surface area contributed by atoms with E-state index in [1.807, 2.05) is 30.3 Å². The second kappa shape index (κ2) is 8.19. The van der Waals surface area contributed by atoms with Gasteiger partial charge in [0.2, 0.25) is 5.91 Å². The van der Waals surface area contributed by atoms with Gasteiger partial charge in [0.1, 0.15) is 18.1 Å². The summed E-state index contributed by atoms with van der Waals surface area (Å²) in [6.07, 6.45) is 1.77. The average Bonchev–Trinajstić information content (AvgIpc) is 3.50. The summed E-state index contributed by atoms with van der Waals surface area (Å²) in [6.45, 7) is 0.319. The zero-order valence-electron chi connectivity index (χ0n) is 13.7. The predicted octanol–water partition coefficient (Wildman–Crippen LogP) is 2.20. The van der Waals surface area contributed by atoms with Gasteiger partial charge in [-0.2, -0.15) is 0 Å². The van der Waals surface area contributed by atoms with Gasteiger partial charge in [0, 0.05) is 5.92 Å². The van der Waals surface area contributed by atoms with E-state index < -0.39 is 5.91 Å². The molecule has 1 saturated carbocycles. The molecule has 1 aliphatic carbocycles. The van der Waals surface area contributed by atoms with Crippen molar-refractivity contribution >= 4 is 11.8 Å². The van der Waals surface area contributed by atoms with Gasteiger partial charge < -0.3 is 9.47 Å². The summed E-state index contributed by atoms with van der Waals surface area (Å²) in [5.41, 5.74) is 5.81. The maximum atomic E-state index is 11.6. The van der Waals surface area contributed by atoms with Gasteiger partial charge >= 0.3 is 0 Å². The fraction of sp³-hybridized carbons (Fsp3) is 0.263. The summed E-state index contributed by atoms with van der Waals surface area (Å²) in [6, 6.07) is 16.9. The normalized spacial score (nSPS) is 13.0. The van der Waals surface area contributed by atoms with Crippen LogP contribution in [0.1, 0.15) is 18.4 Å². The lowest BCUT2D eigenvalue weighted by atomic mass is 10.2. The highest BCUT2D eigenvalue weighted by Crippen LogP contribution is 2.28. The van der Waals surface area contributed by atoms with E-state index in [1.165, 1.54) is 0 Å². The third kappa shape index (κ3) is 5.53. The zero-order chi connectivity index (χ0) is 17.5. The average molecular weight is 340 g/mol. The van der Waals surface area contributed by atoms with Crippen LogP contribution < -0.4 is 20.3 Å². The van der Waals surface area contributed by atoms with Gasteiger partial charge in [-0.25, -0.2) is 0 Å². The lowest BCUT2D eigenvalue weighted by Gasteiger charge is -2.10. The molecule has 130 valence electrons. The van der Waals surface area contributed by atoms with Crippen LogP contribution in [0.5, 0.6) is 11.5 Å². The lowest BCUT2D eigenvalue weighted by Crippen LogP contribution is -2.44. The van der Waals surface area contributed by atoms with E-state index in [4.69, 9.17) is 9.47 Å². The molecule has 1 aliphatic rings. The number of rotatable bonds is 7. The van der Waals surface area contributed by atoms with Gasteiger partial charge in [0.05, 0.1) is 0 Å². The smallest absolute Gasteiger partial charge is 0.276 e. The minimum absolute atomic E-state index is 0.0460. The van der Waals surface area contributed by atoms with E-state index in [0.717, 1.165) is 24.2 Å². The molecule has 6 heteroatoms. The van der Waals surface area contributed by atoms with Crippen LogP contribution in [0.15, 0.2) is 54.6 Å². The lowest BCUT2D eigenvalue weighted by molar-refractivity contribution is -0.130. The number of hydrogen-bond donors (Lipinski definition) is 2. The zero-order valence-corrected chi connectivity index (χ0v) is 13.7. The minimum atomic E-state index is -0.404. The first kappa shape index (κ1) is 16.8. The quantitative estimate of drug-likeness (QED) is 0.758. The van der Waals surface area contributed by atoms with E-state index in [0.29, 0.717) is 12.4 Å². The second-order valence-electron chi connectivity index (χ2n) is 5.85. The Labute approximate surface area is 146 Å². The molecule has 2 aromatic carbocycles. The van der Waals surface area contributed by atoms with Crippen LogP contribution in [0.3, 0.4) is 0 Å². The molecule has 0 radical (unpaired) electrons. The topological polar surface area (TPSA) is 76.7 Å². The predicted molar refractivity (Wildman–Crippen MR) is 91.7 cm³/mol. The molecule has 0 spiro atoms. The van der Waals surface area contributed by atoms with Crippen molar-refractivity contribution in [3.8, 4) is 11.5 Å². The number of carbonyl (C=O) groups excluding carboxylic acids is 2. The summed E-state index contributed by atoms with van der Waals surface area (Å²) in [5, 5.41) is 0. The monoisotopic (exact) mass is 340 g/mol. The highest BCUT2D eigenvalue weighted by molar-refractivity contribution is 5.85. The van der Waals surface area contributed by atoms with Gasteiger partial charge in [-0.3, -0.25) is 20.4 Å². The SMILES string of the molecule is O=C(COc1ccc(OCc2ccccc2)cc1)NNC(=O)C1CC1. The van der Waals surface area contributed by atoms with E-state index in [2.05, 4.69) is 10.9 Å². The second-order valence-corrected chi connectivity index (χ2v) is 5.85. The van der Waals surface area contributed by atoms with Crippen LogP contribution in [0.25, 0.3) is 0 Å². The van der Waals surface area contributed by atoms with Crippen molar-refractivity contribution in [1.82, 2.24) is 10.9 Å². The van der Waals surface area contributed by atoms with Crippen molar-refractivity contribution in [2.24, 2.45) is 5.92 Å². The first-order chi connectivity index (χ1) is 12.2. The molecule has 2 aromatic rings. The molecular formula is C19H20N2O4. The standard InChI is InChI=1S/C19H20N2O4/c22-18(20-21-19(23)15-6-7-15)13-25-17-10-8-16(9-11-17)24-12-14-4-2-1-3-5-14/h1-5,8-11,15H,6-7,12-13H2,(H,20,22)(H,21,23). The molecule has 0 aromatic heterocycles. The third-order valence-corrected chi connectivity index (χ3v) is 3.72. The van der Waals surface area contributed by atoms with Crippen LogP contribution >= 0.6 is 0 Å². The molecule has 0 saturated heterocycles. The Morgan fingerprint density at radius 1 is 0.880 bits per heavy atom. The number of amides is 2. The number of hydrazine groups is 1. The van der Waals surface area contributed by atoms with Crippen LogP contribution in [0.4, 0.5) is 0 Å². The molecular weight excluding hydrogens is 320 g/mol. The summed E-state index contributed by atoms with van der Waals surface area (Å²) in [5.74, 6) is 0.768. The van der Waals surface area contributed by atoms with Crippen LogP contribution in [-0.4, -0.2) is 18.4 Å². The molecule has 2 amide bonds. The van der Waals surface area contributed by atoms with E-state index in [-0.39, 0.29) is 18.4 Å². The van der Waals surface area contributed by atoms with Crippen LogP contribution in [-0.2, 0) is 16.2 Å². The highest BCUT2D eigenvalue weighted by Gasteiger charge is 2.29. The molecule has 0 bridgehead atoms. The molecule has 0 aliphatic heterocycles. The molecule has 3 rings (SSSR count). The van der Waals surface area contributed by atoms with Crippen molar-refractivity contribution in [2.75, 3.05) is 6.61 Å². The van der Waals surface area contributed by atoms with E-state index >= 15 is 0 Å². The first-order valence-electron chi connectivity index (χ1n) is 8.19. The highest BCUT2D eigenvalue weighted by atomic mass is 16.5. The van der Waals surface area contributed by atoms with Crippen molar-refractivity contribution in [3.63, 3.8) is 0 Å². The minimum Gasteiger partial charge on any atom is -0.489 e. The third-order valence-electron chi connectivity index (χ3n) is 3.72. The van der Waals surface area contributed by atoms with Crippen molar-refractivity contribution in [2.45, 2.75) is 19.4 Å². The van der Waals surface area contributed by atoms with Crippen molar-refractivity contribution < 1.29 is 19.1 Å². The number of carbonyl (C=O) groups is 2. The van der Waals surface area contributed by atoms with Crippen LogP contribution in [0.2, 0.25) is 0 Å². The summed E-state index contributed by atoms with van der Waals surface area (Å²) in [7, 11) is 0. The number of ether oxygens (including phenoxy) is 2. The largest absolute Gasteiger partial charge is 0.489 e. The fourth-order valence-electron chi connectivity index (χ4n) is 2.14. The van der Waals surface area contributed by atoms with Gasteiger partial charge in [0.15, 0.2) is 6.61 Å². The Morgan fingerprint density at radius 2 is 1.52 bits per heavy atom. The molecule has 6 nitrogen and oxygen atoms in total. The van der Waals surface area contributed by atoms with Gasteiger partial charge in [0.25, 0.3) is 5.91 Å². The maximum Gasteiger partial charge on any atom is 0.276 e. The molecule has 0 heterocycles. The van der Waals surface area contributed by atoms with Crippen molar-refractivity contribution in [3.05, 3.63) is 60.2 Å². The number of benzene rings is 2. The number of hydrogen-bond acceptors (Lipinski definition) is 4. The Balaban J connectivity index is 1.38. The Morgan fingerprint density at radius 3 is 2.16 bits per heavy atom. The summed E-state index contributed by atoms with van der Waals surface area (Å²) >= 11 is 0. The van der Waals surface area contributed by atoms with Crippen LogP contribution in [0, 0.1) is 5.92 Å². The van der Waals surface area contributed by atoms with Gasteiger partial charge in [-0.1, -0.05) is 30.3 Å². The fourth-order valence-corrected chi connectivity index (χ4v) is 2.14. The Kier molecular flexibility index (Phi) is 5.51. The maximum absolute atomic E-state index is 11.6.